The Labute approximate surface area is 126 Å². The molecular weight excluding hydrogens is 268 g/mol. The van der Waals surface area contributed by atoms with Gasteiger partial charge >= 0.3 is 5.97 Å². The Hall–Kier alpha value is -1.59. The van der Waals surface area contributed by atoms with Gasteiger partial charge in [0.1, 0.15) is 11.3 Å². The summed E-state index contributed by atoms with van der Waals surface area (Å²) in [6.45, 7) is 4.27. The van der Waals surface area contributed by atoms with Crippen molar-refractivity contribution in [3.8, 4) is 5.75 Å². The zero-order valence-electron chi connectivity index (χ0n) is 13.0. The average molecular weight is 292 g/mol. The predicted molar refractivity (Wildman–Crippen MR) is 81.4 cm³/mol. The SMILES string of the molecule is CCOC(=O)C1(NCCN(C)C)CCOc2ccccc21. The number of hydrogen-bond acceptors (Lipinski definition) is 5. The molecule has 2 rings (SSSR count). The van der Waals surface area contributed by atoms with Crippen LogP contribution in [-0.4, -0.2) is 51.3 Å². The van der Waals surface area contributed by atoms with E-state index in [0.29, 0.717) is 26.2 Å². The molecule has 1 heterocycles. The van der Waals surface area contributed by atoms with Gasteiger partial charge in [0.05, 0.1) is 13.2 Å². The van der Waals surface area contributed by atoms with Crippen LogP contribution in [0.25, 0.3) is 0 Å². The van der Waals surface area contributed by atoms with E-state index in [0.717, 1.165) is 17.9 Å². The number of carbonyl (C=O) groups is 1. The fourth-order valence-electron chi connectivity index (χ4n) is 2.61. The van der Waals surface area contributed by atoms with E-state index in [1.807, 2.05) is 45.3 Å². The summed E-state index contributed by atoms with van der Waals surface area (Å²) < 4.78 is 11.0. The van der Waals surface area contributed by atoms with Gasteiger partial charge in [0, 0.05) is 25.1 Å². The standard InChI is InChI=1S/C16H24N2O3/c1-4-20-15(19)16(17-10-11-18(2)3)9-12-21-14-8-6-5-7-13(14)16/h5-8,17H,4,9-12H2,1-3H3. The first kappa shape index (κ1) is 15.8. The molecule has 1 unspecified atom stereocenters. The maximum atomic E-state index is 12.6. The van der Waals surface area contributed by atoms with Crippen molar-refractivity contribution in [3.63, 3.8) is 0 Å². The van der Waals surface area contributed by atoms with Gasteiger partial charge in [-0.25, -0.2) is 4.79 Å². The number of benzene rings is 1. The molecule has 1 aromatic carbocycles. The minimum absolute atomic E-state index is 0.223. The van der Waals surface area contributed by atoms with Crippen molar-refractivity contribution >= 4 is 5.97 Å². The van der Waals surface area contributed by atoms with Gasteiger partial charge in [0.25, 0.3) is 0 Å². The highest BCUT2D eigenvalue weighted by Gasteiger charge is 2.45. The van der Waals surface area contributed by atoms with Crippen LogP contribution in [0.1, 0.15) is 18.9 Å². The van der Waals surface area contributed by atoms with Crippen LogP contribution in [0.4, 0.5) is 0 Å². The number of esters is 1. The fraction of sp³-hybridized carbons (Fsp3) is 0.562. The van der Waals surface area contributed by atoms with Crippen LogP contribution in [0, 0.1) is 0 Å². The lowest BCUT2D eigenvalue weighted by molar-refractivity contribution is -0.153. The molecule has 1 aliphatic heterocycles. The Balaban J connectivity index is 2.30. The van der Waals surface area contributed by atoms with Gasteiger partial charge in [-0.05, 0) is 27.1 Å². The van der Waals surface area contributed by atoms with Gasteiger partial charge in [-0.15, -0.1) is 0 Å². The lowest BCUT2D eigenvalue weighted by Crippen LogP contribution is -2.54. The number of para-hydroxylation sites is 1. The Bertz CT molecular complexity index is 490. The third-order valence-electron chi connectivity index (χ3n) is 3.69. The number of ether oxygens (including phenoxy) is 2. The van der Waals surface area contributed by atoms with E-state index < -0.39 is 5.54 Å². The molecule has 0 fully saturated rings. The van der Waals surface area contributed by atoms with Crippen LogP contribution in [-0.2, 0) is 15.1 Å². The van der Waals surface area contributed by atoms with Crippen LogP contribution in [0.2, 0.25) is 0 Å². The van der Waals surface area contributed by atoms with Crippen molar-refractivity contribution in [2.24, 2.45) is 0 Å². The lowest BCUT2D eigenvalue weighted by atomic mass is 9.84. The Kier molecular flexibility index (Phi) is 5.20. The fourth-order valence-corrected chi connectivity index (χ4v) is 2.61. The van der Waals surface area contributed by atoms with E-state index in [1.165, 1.54) is 0 Å². The van der Waals surface area contributed by atoms with Gasteiger partial charge in [0.15, 0.2) is 0 Å². The summed E-state index contributed by atoms with van der Waals surface area (Å²) in [4.78, 5) is 14.7. The van der Waals surface area contributed by atoms with Crippen LogP contribution < -0.4 is 10.1 Å². The molecule has 1 aliphatic rings. The van der Waals surface area contributed by atoms with E-state index >= 15 is 0 Å². The van der Waals surface area contributed by atoms with Gasteiger partial charge in [-0.3, -0.25) is 5.32 Å². The zero-order chi connectivity index (χ0) is 15.3. The summed E-state index contributed by atoms with van der Waals surface area (Å²) in [5.74, 6) is 0.536. The number of hydrogen-bond donors (Lipinski definition) is 1. The lowest BCUT2D eigenvalue weighted by Gasteiger charge is -2.37. The molecule has 0 saturated carbocycles. The average Bonchev–Trinajstić information content (AvgIpc) is 2.47. The molecule has 0 radical (unpaired) electrons. The number of fused-ring (bicyclic) bond motifs is 1. The Morgan fingerprint density at radius 2 is 2.19 bits per heavy atom. The highest BCUT2D eigenvalue weighted by atomic mass is 16.5. The van der Waals surface area contributed by atoms with Crippen LogP contribution in [0.15, 0.2) is 24.3 Å². The molecule has 116 valence electrons. The van der Waals surface area contributed by atoms with Gasteiger partial charge in [-0.2, -0.15) is 0 Å². The van der Waals surface area contributed by atoms with Gasteiger partial charge < -0.3 is 14.4 Å². The molecule has 0 aliphatic carbocycles. The van der Waals surface area contributed by atoms with Crippen LogP contribution in [0.5, 0.6) is 5.75 Å². The molecule has 0 bridgehead atoms. The van der Waals surface area contributed by atoms with Crippen molar-refractivity contribution in [2.75, 3.05) is 40.4 Å². The Morgan fingerprint density at radius 1 is 1.43 bits per heavy atom. The Morgan fingerprint density at radius 3 is 2.90 bits per heavy atom. The van der Waals surface area contributed by atoms with Crippen molar-refractivity contribution < 1.29 is 14.3 Å². The topological polar surface area (TPSA) is 50.8 Å². The van der Waals surface area contributed by atoms with Crippen molar-refractivity contribution in [1.29, 1.82) is 0 Å². The second-order valence-corrected chi connectivity index (χ2v) is 5.45. The summed E-state index contributed by atoms with van der Waals surface area (Å²) in [5, 5.41) is 3.41. The third-order valence-corrected chi connectivity index (χ3v) is 3.69. The molecule has 5 nitrogen and oxygen atoms in total. The number of likely N-dealkylation sites (N-methyl/N-ethyl adjacent to an activating group) is 1. The smallest absolute Gasteiger partial charge is 0.331 e. The minimum Gasteiger partial charge on any atom is -0.493 e. The molecule has 1 N–H and O–H groups in total. The van der Waals surface area contributed by atoms with E-state index in [9.17, 15) is 4.79 Å². The largest absolute Gasteiger partial charge is 0.493 e. The molecule has 0 spiro atoms. The molecule has 21 heavy (non-hydrogen) atoms. The van der Waals surface area contributed by atoms with Crippen LogP contribution >= 0.6 is 0 Å². The molecule has 0 amide bonds. The summed E-state index contributed by atoms with van der Waals surface area (Å²) in [6, 6.07) is 7.68. The van der Waals surface area contributed by atoms with E-state index in [4.69, 9.17) is 9.47 Å². The number of nitrogens with zero attached hydrogens (tertiary/aromatic N) is 1. The zero-order valence-corrected chi connectivity index (χ0v) is 13.0. The maximum Gasteiger partial charge on any atom is 0.331 e. The summed E-state index contributed by atoms with van der Waals surface area (Å²) in [6.07, 6.45) is 0.580. The predicted octanol–water partition coefficient (Wildman–Crippen LogP) is 1.38. The summed E-state index contributed by atoms with van der Waals surface area (Å²) >= 11 is 0. The number of rotatable bonds is 6. The van der Waals surface area contributed by atoms with Crippen molar-refractivity contribution in [2.45, 2.75) is 18.9 Å². The van der Waals surface area contributed by atoms with Gasteiger partial charge in [-0.1, -0.05) is 18.2 Å². The molecule has 1 aromatic rings. The first-order chi connectivity index (χ1) is 10.1. The normalized spacial score (nSPS) is 20.8. The summed E-state index contributed by atoms with van der Waals surface area (Å²) in [5.41, 5.74) is 0.0642. The van der Waals surface area contributed by atoms with E-state index in [1.54, 1.807) is 0 Å². The van der Waals surface area contributed by atoms with Crippen molar-refractivity contribution in [3.05, 3.63) is 29.8 Å². The first-order valence-corrected chi connectivity index (χ1v) is 7.39. The monoisotopic (exact) mass is 292 g/mol. The molecular formula is C16H24N2O3. The van der Waals surface area contributed by atoms with E-state index in [-0.39, 0.29) is 5.97 Å². The quantitative estimate of drug-likeness (QED) is 0.803. The highest BCUT2D eigenvalue weighted by molar-refractivity contribution is 5.84. The molecule has 1 atom stereocenters. The van der Waals surface area contributed by atoms with E-state index in [2.05, 4.69) is 10.2 Å². The molecule has 0 aromatic heterocycles. The number of nitrogens with one attached hydrogen (secondary N) is 1. The second kappa shape index (κ2) is 6.91. The van der Waals surface area contributed by atoms with Gasteiger partial charge in [0.2, 0.25) is 0 Å². The molecule has 0 saturated heterocycles. The highest BCUT2D eigenvalue weighted by Crippen LogP contribution is 2.37. The summed E-state index contributed by atoms with van der Waals surface area (Å²) in [7, 11) is 4.02. The minimum atomic E-state index is -0.805. The second-order valence-electron chi connectivity index (χ2n) is 5.45. The maximum absolute atomic E-state index is 12.6. The number of carbonyl (C=O) groups excluding carboxylic acids is 1. The van der Waals surface area contributed by atoms with Crippen molar-refractivity contribution in [1.82, 2.24) is 10.2 Å². The third kappa shape index (κ3) is 3.36. The van der Waals surface area contributed by atoms with Crippen LogP contribution in [0.3, 0.4) is 0 Å². The molecule has 5 heteroatoms. The first-order valence-electron chi connectivity index (χ1n) is 7.39.